The molecule has 1 heterocycles. The van der Waals surface area contributed by atoms with Gasteiger partial charge in [0.1, 0.15) is 11.9 Å². The Balaban J connectivity index is 2.47. The van der Waals surface area contributed by atoms with Gasteiger partial charge in [-0.25, -0.2) is 9.18 Å². The number of hydroxylamine groups is 1. The summed E-state index contributed by atoms with van der Waals surface area (Å²) in [5.41, 5.74) is 0.197. The topological polar surface area (TPSA) is 64.6 Å². The lowest BCUT2D eigenvalue weighted by Crippen LogP contribution is -2.39. The van der Waals surface area contributed by atoms with Crippen molar-refractivity contribution >= 4 is 33.3 Å². The zero-order valence-corrected chi connectivity index (χ0v) is 12.0. The zero-order valence-electron chi connectivity index (χ0n) is 10.4. The number of methoxy groups -OCH3 is 1. The Morgan fingerprint density at radius 2 is 2.32 bits per heavy atom. The Morgan fingerprint density at radius 3 is 2.95 bits per heavy atom. The van der Waals surface area contributed by atoms with Crippen molar-refractivity contribution in [1.82, 2.24) is 0 Å². The standard InChI is InChI=1S/C12H13BrFN2O3/c1-6-5-16(18)9-4-7(13)3-8(14)11(9)15-10(6)12(17)19-2/h3-4,6,10,15H,5H2,1-2H3/q-1. The summed E-state index contributed by atoms with van der Waals surface area (Å²) >= 11 is 3.14. The first kappa shape index (κ1) is 14.1. The lowest BCUT2D eigenvalue weighted by atomic mass is 10.0. The predicted octanol–water partition coefficient (Wildman–Crippen LogP) is 2.50. The zero-order chi connectivity index (χ0) is 14.2. The van der Waals surface area contributed by atoms with Crippen LogP contribution in [0.3, 0.4) is 0 Å². The van der Waals surface area contributed by atoms with Crippen LogP contribution in [0.15, 0.2) is 16.6 Å². The summed E-state index contributed by atoms with van der Waals surface area (Å²) in [5.74, 6) is -1.42. The minimum Gasteiger partial charge on any atom is -0.758 e. The molecule has 1 aromatic carbocycles. The highest BCUT2D eigenvalue weighted by Gasteiger charge is 2.31. The number of hydrogen-bond donors (Lipinski definition) is 1. The third kappa shape index (κ3) is 2.66. The van der Waals surface area contributed by atoms with Crippen molar-refractivity contribution in [3.63, 3.8) is 0 Å². The molecule has 0 aromatic heterocycles. The monoisotopic (exact) mass is 331 g/mol. The lowest BCUT2D eigenvalue weighted by molar-refractivity contribution is -0.142. The summed E-state index contributed by atoms with van der Waals surface area (Å²) in [4.78, 5) is 11.7. The lowest BCUT2D eigenvalue weighted by Gasteiger charge is -2.32. The number of nitrogens with one attached hydrogen (secondary N) is 1. The van der Waals surface area contributed by atoms with Crippen molar-refractivity contribution in [2.75, 3.05) is 24.0 Å². The average Bonchev–Trinajstić information content (AvgIpc) is 2.47. The van der Waals surface area contributed by atoms with Gasteiger partial charge >= 0.3 is 5.97 Å². The molecule has 0 aliphatic carbocycles. The van der Waals surface area contributed by atoms with Crippen LogP contribution in [0.4, 0.5) is 15.8 Å². The van der Waals surface area contributed by atoms with Crippen molar-refractivity contribution in [2.24, 2.45) is 5.92 Å². The van der Waals surface area contributed by atoms with Gasteiger partial charge in [-0.1, -0.05) is 22.9 Å². The van der Waals surface area contributed by atoms with Gasteiger partial charge in [0.05, 0.1) is 18.5 Å². The fourth-order valence-corrected chi connectivity index (χ4v) is 2.50. The van der Waals surface area contributed by atoms with Crippen molar-refractivity contribution in [3.05, 3.63) is 27.6 Å². The third-order valence-electron chi connectivity index (χ3n) is 3.08. The van der Waals surface area contributed by atoms with E-state index in [2.05, 4.69) is 26.0 Å². The summed E-state index contributed by atoms with van der Waals surface area (Å²) in [7, 11) is 1.26. The molecule has 2 atom stereocenters. The smallest absolute Gasteiger partial charge is 0.328 e. The largest absolute Gasteiger partial charge is 0.758 e. The van der Waals surface area contributed by atoms with Crippen molar-refractivity contribution in [2.45, 2.75) is 13.0 Å². The number of halogens is 2. The number of rotatable bonds is 1. The van der Waals surface area contributed by atoms with E-state index in [1.54, 1.807) is 6.92 Å². The molecule has 0 saturated carbocycles. The molecule has 1 N–H and O–H groups in total. The van der Waals surface area contributed by atoms with Gasteiger partial charge in [-0.3, -0.25) is 0 Å². The van der Waals surface area contributed by atoms with Gasteiger partial charge in [0.15, 0.2) is 0 Å². The van der Waals surface area contributed by atoms with Gasteiger partial charge in [-0.2, -0.15) is 0 Å². The number of ether oxygens (including phenoxy) is 1. The molecule has 0 spiro atoms. The van der Waals surface area contributed by atoms with Crippen molar-refractivity contribution < 1.29 is 13.9 Å². The summed E-state index contributed by atoms with van der Waals surface area (Å²) in [6.07, 6.45) is 0. The van der Waals surface area contributed by atoms with Crippen LogP contribution in [-0.4, -0.2) is 25.7 Å². The second-order valence-corrected chi connectivity index (χ2v) is 5.38. The molecule has 0 fully saturated rings. The van der Waals surface area contributed by atoms with E-state index < -0.39 is 17.8 Å². The predicted molar refractivity (Wildman–Crippen MR) is 73.4 cm³/mol. The molecule has 7 heteroatoms. The molecule has 2 unspecified atom stereocenters. The molecule has 1 aromatic rings. The van der Waals surface area contributed by atoms with Crippen molar-refractivity contribution in [3.8, 4) is 0 Å². The Morgan fingerprint density at radius 1 is 1.63 bits per heavy atom. The number of carbonyl (C=O) groups is 1. The molecule has 0 radical (unpaired) electrons. The second kappa shape index (κ2) is 5.34. The quantitative estimate of drug-likeness (QED) is 0.801. The van der Waals surface area contributed by atoms with E-state index >= 15 is 0 Å². The highest BCUT2D eigenvalue weighted by Crippen LogP contribution is 2.36. The van der Waals surface area contributed by atoms with E-state index in [1.165, 1.54) is 19.2 Å². The van der Waals surface area contributed by atoms with E-state index in [-0.39, 0.29) is 23.8 Å². The van der Waals surface area contributed by atoms with E-state index in [0.717, 1.165) is 0 Å². The molecule has 0 bridgehead atoms. The first-order chi connectivity index (χ1) is 8.93. The highest BCUT2D eigenvalue weighted by atomic mass is 79.9. The first-order valence-corrected chi connectivity index (χ1v) is 6.51. The maximum absolute atomic E-state index is 13.9. The Kier molecular flexibility index (Phi) is 3.96. The van der Waals surface area contributed by atoms with Crippen LogP contribution in [0.1, 0.15) is 6.92 Å². The molecule has 19 heavy (non-hydrogen) atoms. The molecular formula is C12H13BrFN2O3-. The fraction of sp³-hybridized carbons (Fsp3) is 0.417. The second-order valence-electron chi connectivity index (χ2n) is 4.47. The van der Waals surface area contributed by atoms with Gasteiger partial charge in [-0.15, -0.1) is 0 Å². The van der Waals surface area contributed by atoms with E-state index in [4.69, 9.17) is 0 Å². The van der Waals surface area contributed by atoms with Crippen LogP contribution in [-0.2, 0) is 9.53 Å². The van der Waals surface area contributed by atoms with Gasteiger partial charge in [0.2, 0.25) is 0 Å². The summed E-state index contributed by atoms with van der Waals surface area (Å²) in [6.45, 7) is 1.81. The Bertz CT molecular complexity index is 512. The van der Waals surface area contributed by atoms with E-state index in [9.17, 15) is 14.4 Å². The van der Waals surface area contributed by atoms with Gasteiger partial charge in [0, 0.05) is 16.9 Å². The average molecular weight is 332 g/mol. The number of fused-ring (bicyclic) bond motifs is 1. The SMILES string of the molecule is COC(=O)C1Nc2c(F)cc(Br)cc2N([O-])CC1C. The molecule has 1 aliphatic heterocycles. The van der Waals surface area contributed by atoms with Gasteiger partial charge < -0.3 is 20.3 Å². The summed E-state index contributed by atoms with van der Waals surface area (Å²) in [5, 5.41) is 15.5. The molecule has 2 rings (SSSR count). The minimum absolute atomic E-state index is 0.0259. The number of carbonyl (C=O) groups excluding carboxylic acids is 1. The minimum atomic E-state index is -0.752. The summed E-state index contributed by atoms with van der Waals surface area (Å²) < 4.78 is 19.1. The molecular weight excluding hydrogens is 319 g/mol. The van der Waals surface area contributed by atoms with Crippen LogP contribution in [0.25, 0.3) is 0 Å². The van der Waals surface area contributed by atoms with Gasteiger partial charge in [-0.05, 0) is 12.1 Å². The molecule has 0 saturated heterocycles. The molecule has 5 nitrogen and oxygen atoms in total. The van der Waals surface area contributed by atoms with Crippen LogP contribution < -0.4 is 10.4 Å². The number of hydrogen-bond acceptors (Lipinski definition) is 5. The number of nitrogens with zero attached hydrogens (tertiary/aromatic N) is 1. The van der Waals surface area contributed by atoms with Crippen LogP contribution in [0, 0.1) is 16.9 Å². The number of benzene rings is 1. The molecule has 1 aliphatic rings. The Hall–Kier alpha value is -1.34. The number of anilines is 2. The molecule has 0 amide bonds. The van der Waals surface area contributed by atoms with E-state index in [0.29, 0.717) is 9.54 Å². The van der Waals surface area contributed by atoms with Crippen LogP contribution in [0.5, 0.6) is 0 Å². The Labute approximate surface area is 118 Å². The van der Waals surface area contributed by atoms with Crippen LogP contribution in [0.2, 0.25) is 0 Å². The van der Waals surface area contributed by atoms with E-state index in [1.807, 2.05) is 0 Å². The fourth-order valence-electron chi connectivity index (χ4n) is 2.08. The normalized spacial score (nSPS) is 22.3. The maximum atomic E-state index is 13.9. The number of esters is 1. The highest BCUT2D eigenvalue weighted by molar-refractivity contribution is 9.10. The summed E-state index contributed by atoms with van der Waals surface area (Å²) in [6, 6.07) is 2.01. The first-order valence-electron chi connectivity index (χ1n) is 5.72. The molecule has 104 valence electrons. The van der Waals surface area contributed by atoms with Crippen LogP contribution >= 0.6 is 15.9 Å². The van der Waals surface area contributed by atoms with Crippen molar-refractivity contribution in [1.29, 1.82) is 0 Å². The third-order valence-corrected chi connectivity index (χ3v) is 3.54. The maximum Gasteiger partial charge on any atom is 0.328 e. The van der Waals surface area contributed by atoms with Gasteiger partial charge in [0.25, 0.3) is 0 Å².